The minimum atomic E-state index is -0.421. The number of nitro groups is 1. The molecule has 0 atom stereocenters. The highest BCUT2D eigenvalue weighted by molar-refractivity contribution is 7.09. The average Bonchev–Trinajstić information content (AvgIpc) is 2.74. The SMILES string of the molecule is Cc1nc(CN(C)c2cc(C)c([N+](=O)[O-])cn2)cs1. The van der Waals surface area contributed by atoms with E-state index in [4.69, 9.17) is 0 Å². The molecule has 2 aromatic heterocycles. The van der Waals surface area contributed by atoms with Crippen molar-refractivity contribution in [3.05, 3.63) is 44.0 Å². The number of aryl methyl sites for hydroxylation is 2. The first kappa shape index (κ1) is 13.4. The monoisotopic (exact) mass is 278 g/mol. The van der Waals surface area contributed by atoms with E-state index in [2.05, 4.69) is 9.97 Å². The lowest BCUT2D eigenvalue weighted by Crippen LogP contribution is -2.18. The van der Waals surface area contributed by atoms with Gasteiger partial charge in [-0.25, -0.2) is 9.97 Å². The Balaban J connectivity index is 2.17. The van der Waals surface area contributed by atoms with Crippen LogP contribution in [0.1, 0.15) is 16.3 Å². The van der Waals surface area contributed by atoms with Crippen LogP contribution < -0.4 is 4.90 Å². The van der Waals surface area contributed by atoms with E-state index in [0.717, 1.165) is 10.7 Å². The Kier molecular flexibility index (Phi) is 3.75. The predicted octanol–water partition coefficient (Wildman–Crippen LogP) is 2.70. The van der Waals surface area contributed by atoms with Crippen molar-refractivity contribution in [1.82, 2.24) is 9.97 Å². The highest BCUT2D eigenvalue weighted by Gasteiger charge is 2.13. The van der Waals surface area contributed by atoms with Crippen LogP contribution in [0.2, 0.25) is 0 Å². The van der Waals surface area contributed by atoms with Gasteiger partial charge in [-0.15, -0.1) is 11.3 Å². The Morgan fingerprint density at radius 2 is 2.21 bits per heavy atom. The average molecular weight is 278 g/mol. The zero-order valence-corrected chi connectivity index (χ0v) is 11.8. The molecule has 6 nitrogen and oxygen atoms in total. The molecule has 0 bridgehead atoms. The first-order valence-electron chi connectivity index (χ1n) is 5.70. The third-order valence-corrected chi connectivity index (χ3v) is 3.54. The molecular weight excluding hydrogens is 264 g/mol. The summed E-state index contributed by atoms with van der Waals surface area (Å²) in [6.07, 6.45) is 1.30. The van der Waals surface area contributed by atoms with E-state index in [0.29, 0.717) is 17.9 Å². The van der Waals surface area contributed by atoms with Gasteiger partial charge in [-0.05, 0) is 19.9 Å². The van der Waals surface area contributed by atoms with Gasteiger partial charge in [0.25, 0.3) is 5.69 Å². The maximum Gasteiger partial charge on any atom is 0.290 e. The van der Waals surface area contributed by atoms with Crippen molar-refractivity contribution < 1.29 is 4.92 Å². The van der Waals surface area contributed by atoms with Gasteiger partial charge in [0.1, 0.15) is 12.0 Å². The van der Waals surface area contributed by atoms with Crippen LogP contribution in [0.3, 0.4) is 0 Å². The lowest BCUT2D eigenvalue weighted by atomic mass is 10.2. The van der Waals surface area contributed by atoms with E-state index in [1.54, 1.807) is 24.3 Å². The normalized spacial score (nSPS) is 10.5. The molecule has 0 spiro atoms. The number of hydrogen-bond acceptors (Lipinski definition) is 6. The van der Waals surface area contributed by atoms with E-state index < -0.39 is 4.92 Å². The molecule has 0 amide bonds. The topological polar surface area (TPSA) is 72.2 Å². The summed E-state index contributed by atoms with van der Waals surface area (Å²) in [6, 6.07) is 1.72. The molecule has 0 unspecified atom stereocenters. The summed E-state index contributed by atoms with van der Waals surface area (Å²) in [4.78, 5) is 20.7. The third-order valence-electron chi connectivity index (χ3n) is 2.72. The van der Waals surface area contributed by atoms with Gasteiger partial charge in [-0.2, -0.15) is 0 Å². The predicted molar refractivity (Wildman–Crippen MR) is 74.6 cm³/mol. The van der Waals surface area contributed by atoms with Gasteiger partial charge < -0.3 is 4.90 Å². The first-order chi connectivity index (χ1) is 8.97. The van der Waals surface area contributed by atoms with E-state index >= 15 is 0 Å². The molecule has 0 N–H and O–H groups in total. The molecule has 100 valence electrons. The second-order valence-corrected chi connectivity index (χ2v) is 5.36. The summed E-state index contributed by atoms with van der Waals surface area (Å²) >= 11 is 1.60. The molecule has 0 saturated heterocycles. The third kappa shape index (κ3) is 3.05. The van der Waals surface area contributed by atoms with E-state index in [1.807, 2.05) is 24.3 Å². The van der Waals surface area contributed by atoms with Crippen molar-refractivity contribution in [2.75, 3.05) is 11.9 Å². The van der Waals surface area contributed by atoms with Crippen LogP contribution in [-0.4, -0.2) is 21.9 Å². The zero-order valence-electron chi connectivity index (χ0n) is 11.0. The van der Waals surface area contributed by atoms with Crippen molar-refractivity contribution in [2.45, 2.75) is 20.4 Å². The van der Waals surface area contributed by atoms with Crippen LogP contribution in [0.25, 0.3) is 0 Å². The Labute approximate surface area is 114 Å². The van der Waals surface area contributed by atoms with Gasteiger partial charge >= 0.3 is 0 Å². The Morgan fingerprint density at radius 3 is 2.74 bits per heavy atom. The highest BCUT2D eigenvalue weighted by Crippen LogP contribution is 2.22. The molecule has 19 heavy (non-hydrogen) atoms. The minimum Gasteiger partial charge on any atom is -0.354 e. The second kappa shape index (κ2) is 5.31. The number of pyridine rings is 1. The standard InChI is InChI=1S/C12H14N4O2S/c1-8-4-12(13-5-11(8)16(17)18)15(3)6-10-7-19-9(2)14-10/h4-5,7H,6H2,1-3H3. The second-order valence-electron chi connectivity index (χ2n) is 4.30. The largest absolute Gasteiger partial charge is 0.354 e. The summed E-state index contributed by atoms with van der Waals surface area (Å²) in [7, 11) is 1.89. The van der Waals surface area contributed by atoms with Crippen molar-refractivity contribution in [2.24, 2.45) is 0 Å². The van der Waals surface area contributed by atoms with Crippen LogP contribution >= 0.6 is 11.3 Å². The summed E-state index contributed by atoms with van der Waals surface area (Å²) in [5.41, 5.74) is 1.63. The van der Waals surface area contributed by atoms with E-state index in [-0.39, 0.29) is 5.69 Å². The molecule has 0 aliphatic heterocycles. The Bertz CT molecular complexity index is 612. The van der Waals surface area contributed by atoms with E-state index in [1.165, 1.54) is 6.20 Å². The molecule has 0 aliphatic rings. The molecule has 2 heterocycles. The van der Waals surface area contributed by atoms with Crippen LogP contribution in [0, 0.1) is 24.0 Å². The molecule has 0 radical (unpaired) electrons. The minimum absolute atomic E-state index is 0.0432. The lowest BCUT2D eigenvalue weighted by molar-refractivity contribution is -0.385. The highest BCUT2D eigenvalue weighted by atomic mass is 32.1. The quantitative estimate of drug-likeness (QED) is 0.635. The maximum atomic E-state index is 10.7. The number of aromatic nitrogens is 2. The molecule has 0 fully saturated rings. The Morgan fingerprint density at radius 1 is 1.47 bits per heavy atom. The first-order valence-corrected chi connectivity index (χ1v) is 6.58. The van der Waals surface area contributed by atoms with Crippen molar-refractivity contribution in [3.8, 4) is 0 Å². The van der Waals surface area contributed by atoms with Crippen LogP contribution in [0.5, 0.6) is 0 Å². The molecule has 0 aliphatic carbocycles. The molecule has 0 aromatic carbocycles. The van der Waals surface area contributed by atoms with Crippen LogP contribution in [0.15, 0.2) is 17.6 Å². The number of anilines is 1. The molecule has 7 heteroatoms. The van der Waals surface area contributed by atoms with Crippen molar-refractivity contribution >= 4 is 22.8 Å². The molecule has 2 aromatic rings. The summed E-state index contributed by atoms with van der Waals surface area (Å²) in [5.74, 6) is 0.703. The fourth-order valence-electron chi connectivity index (χ4n) is 1.74. The fraction of sp³-hybridized carbons (Fsp3) is 0.333. The summed E-state index contributed by atoms with van der Waals surface area (Å²) in [6.45, 7) is 4.31. The maximum absolute atomic E-state index is 10.7. The number of rotatable bonds is 4. The number of thiazole rings is 1. The van der Waals surface area contributed by atoms with Gasteiger partial charge in [0.15, 0.2) is 0 Å². The molecule has 0 saturated carbocycles. The zero-order chi connectivity index (χ0) is 14.0. The Hall–Kier alpha value is -2.02. The fourth-order valence-corrected chi connectivity index (χ4v) is 2.34. The van der Waals surface area contributed by atoms with Gasteiger partial charge in [0.05, 0.1) is 22.2 Å². The summed E-state index contributed by atoms with van der Waals surface area (Å²) in [5, 5.41) is 13.8. The molecular formula is C12H14N4O2S. The van der Waals surface area contributed by atoms with Crippen molar-refractivity contribution in [3.63, 3.8) is 0 Å². The van der Waals surface area contributed by atoms with Gasteiger partial charge in [0, 0.05) is 18.0 Å². The van der Waals surface area contributed by atoms with Gasteiger partial charge in [-0.1, -0.05) is 0 Å². The lowest BCUT2D eigenvalue weighted by Gasteiger charge is -2.17. The number of nitrogens with zero attached hydrogens (tertiary/aromatic N) is 4. The van der Waals surface area contributed by atoms with E-state index in [9.17, 15) is 10.1 Å². The molecule has 2 rings (SSSR count). The number of hydrogen-bond donors (Lipinski definition) is 0. The van der Waals surface area contributed by atoms with Gasteiger partial charge in [-0.3, -0.25) is 10.1 Å². The van der Waals surface area contributed by atoms with Crippen molar-refractivity contribution in [1.29, 1.82) is 0 Å². The smallest absolute Gasteiger partial charge is 0.290 e. The van der Waals surface area contributed by atoms with Crippen LogP contribution in [0.4, 0.5) is 11.5 Å². The van der Waals surface area contributed by atoms with Crippen LogP contribution in [-0.2, 0) is 6.54 Å². The summed E-state index contributed by atoms with van der Waals surface area (Å²) < 4.78 is 0. The van der Waals surface area contributed by atoms with Gasteiger partial charge in [0.2, 0.25) is 0 Å².